The molecular formula is C28H36ClN. The molecule has 2 aromatic carbocycles. The van der Waals surface area contributed by atoms with Gasteiger partial charge in [0.2, 0.25) is 0 Å². The fourth-order valence-electron chi connectivity index (χ4n) is 7.70. The van der Waals surface area contributed by atoms with E-state index in [4.69, 9.17) is 11.6 Å². The lowest BCUT2D eigenvalue weighted by Gasteiger charge is -2.64. The summed E-state index contributed by atoms with van der Waals surface area (Å²) in [7, 11) is 0. The van der Waals surface area contributed by atoms with Crippen LogP contribution in [0, 0.1) is 17.3 Å². The molecule has 0 aliphatic heterocycles. The number of hydrogen-bond donors (Lipinski definition) is 1. The summed E-state index contributed by atoms with van der Waals surface area (Å²) < 4.78 is 0. The Kier molecular flexibility index (Phi) is 5.48. The number of hydrogen-bond acceptors (Lipinski definition) is 1. The second-order valence-corrected chi connectivity index (χ2v) is 11.4. The Labute approximate surface area is 187 Å². The minimum Gasteiger partial charge on any atom is -0.311 e. The summed E-state index contributed by atoms with van der Waals surface area (Å²) in [5.74, 6) is 1.82. The third-order valence-corrected chi connectivity index (χ3v) is 8.98. The molecule has 30 heavy (non-hydrogen) atoms. The second kappa shape index (κ2) is 7.99. The van der Waals surface area contributed by atoms with E-state index in [9.17, 15) is 0 Å². The molecule has 0 unspecified atom stereocenters. The van der Waals surface area contributed by atoms with Gasteiger partial charge >= 0.3 is 0 Å². The molecule has 4 aliphatic rings. The van der Waals surface area contributed by atoms with Gasteiger partial charge in [-0.1, -0.05) is 54.1 Å². The summed E-state index contributed by atoms with van der Waals surface area (Å²) in [5, 5.41) is 4.93. The summed E-state index contributed by atoms with van der Waals surface area (Å²) >= 11 is 6.22. The molecule has 4 fully saturated rings. The highest BCUT2D eigenvalue weighted by Gasteiger charge is 2.59. The van der Waals surface area contributed by atoms with Crippen molar-refractivity contribution in [1.29, 1.82) is 0 Å². The van der Waals surface area contributed by atoms with E-state index in [1.54, 1.807) is 5.56 Å². The number of nitrogens with one attached hydrogen (secondary N) is 1. The summed E-state index contributed by atoms with van der Waals surface area (Å²) in [5.41, 5.74) is 3.85. The van der Waals surface area contributed by atoms with E-state index >= 15 is 0 Å². The standard InChI is InChI=1S/C28H36ClN/c1-20(8-9-22-6-4-3-5-7-22)30-21(2)27-15-23-14-24(16-27)18-28(17-23,19-27)25-10-12-26(29)13-11-25/h3-7,10-13,20-21,23-24,30H,8-9,14-19H2,1-2H3/t20-,21-,23-,24-,27?,28?/m0/s1. The summed E-state index contributed by atoms with van der Waals surface area (Å²) in [6.45, 7) is 4.87. The highest BCUT2D eigenvalue weighted by atomic mass is 35.5. The molecule has 6 rings (SSSR count). The predicted molar refractivity (Wildman–Crippen MR) is 127 cm³/mol. The zero-order chi connectivity index (χ0) is 20.8. The molecule has 4 atom stereocenters. The van der Waals surface area contributed by atoms with Crippen LogP contribution in [0.15, 0.2) is 54.6 Å². The Hall–Kier alpha value is -1.31. The number of benzene rings is 2. The average Bonchev–Trinajstić information content (AvgIpc) is 2.72. The molecule has 4 bridgehead atoms. The lowest BCUT2D eigenvalue weighted by molar-refractivity contribution is -0.0894. The van der Waals surface area contributed by atoms with E-state index in [1.807, 2.05) is 0 Å². The number of rotatable bonds is 7. The molecule has 4 aliphatic carbocycles. The maximum atomic E-state index is 6.22. The van der Waals surface area contributed by atoms with Crippen molar-refractivity contribution in [3.63, 3.8) is 0 Å². The maximum absolute atomic E-state index is 6.22. The fraction of sp³-hybridized carbons (Fsp3) is 0.571. The van der Waals surface area contributed by atoms with Crippen LogP contribution in [-0.2, 0) is 11.8 Å². The van der Waals surface area contributed by atoms with Gasteiger partial charge in [0.15, 0.2) is 0 Å². The minimum atomic E-state index is 0.387. The fourth-order valence-corrected chi connectivity index (χ4v) is 7.82. The van der Waals surface area contributed by atoms with Crippen molar-refractivity contribution in [3.8, 4) is 0 Å². The zero-order valence-corrected chi connectivity index (χ0v) is 19.3. The molecular weight excluding hydrogens is 386 g/mol. The average molecular weight is 422 g/mol. The van der Waals surface area contributed by atoms with Gasteiger partial charge in [-0.3, -0.25) is 0 Å². The molecule has 2 aromatic rings. The van der Waals surface area contributed by atoms with Gasteiger partial charge in [0.1, 0.15) is 0 Å². The van der Waals surface area contributed by atoms with E-state index in [2.05, 4.69) is 73.8 Å². The lowest BCUT2D eigenvalue weighted by atomic mass is 9.41. The molecule has 0 heterocycles. The molecule has 0 aromatic heterocycles. The van der Waals surface area contributed by atoms with E-state index < -0.39 is 0 Å². The summed E-state index contributed by atoms with van der Waals surface area (Å²) in [6, 6.07) is 20.9. The van der Waals surface area contributed by atoms with Crippen LogP contribution in [0.4, 0.5) is 0 Å². The van der Waals surface area contributed by atoms with Gasteiger partial charge < -0.3 is 5.32 Å². The van der Waals surface area contributed by atoms with Gasteiger partial charge in [-0.25, -0.2) is 0 Å². The van der Waals surface area contributed by atoms with E-state index in [-0.39, 0.29) is 0 Å². The quantitative estimate of drug-likeness (QED) is 0.499. The SMILES string of the molecule is C[C@H](N[C@@H](C)CCc1ccccc1)C12C[C@@H]3C[C@H](CC(c4ccc(Cl)cc4)(C3)C1)C2. The molecule has 0 amide bonds. The Morgan fingerprint density at radius 3 is 2.27 bits per heavy atom. The monoisotopic (exact) mass is 421 g/mol. The molecule has 0 radical (unpaired) electrons. The van der Waals surface area contributed by atoms with Crippen molar-refractivity contribution in [2.45, 2.75) is 82.7 Å². The van der Waals surface area contributed by atoms with Crippen LogP contribution in [0.5, 0.6) is 0 Å². The largest absolute Gasteiger partial charge is 0.311 e. The first-order valence-electron chi connectivity index (χ1n) is 12.0. The Balaban J connectivity index is 1.30. The molecule has 2 heteroatoms. The molecule has 160 valence electrons. The van der Waals surface area contributed by atoms with Crippen molar-refractivity contribution in [1.82, 2.24) is 5.32 Å². The first-order valence-corrected chi connectivity index (χ1v) is 12.4. The van der Waals surface area contributed by atoms with Crippen LogP contribution >= 0.6 is 11.6 Å². The predicted octanol–water partition coefficient (Wildman–Crippen LogP) is 7.18. The zero-order valence-electron chi connectivity index (χ0n) is 18.5. The highest BCUT2D eigenvalue weighted by Crippen LogP contribution is 2.66. The van der Waals surface area contributed by atoms with Gasteiger partial charge in [-0.2, -0.15) is 0 Å². The smallest absolute Gasteiger partial charge is 0.0406 e. The van der Waals surface area contributed by atoms with Crippen molar-refractivity contribution >= 4 is 11.6 Å². The normalized spacial score (nSPS) is 34.1. The van der Waals surface area contributed by atoms with Crippen LogP contribution in [0.2, 0.25) is 5.02 Å². The Morgan fingerprint density at radius 2 is 1.60 bits per heavy atom. The topological polar surface area (TPSA) is 12.0 Å². The minimum absolute atomic E-state index is 0.387. The Morgan fingerprint density at radius 1 is 0.933 bits per heavy atom. The first kappa shape index (κ1) is 20.6. The van der Waals surface area contributed by atoms with E-state index in [1.165, 1.54) is 50.5 Å². The number of halogens is 1. The van der Waals surface area contributed by atoms with Crippen LogP contribution in [-0.4, -0.2) is 12.1 Å². The third kappa shape index (κ3) is 3.84. The van der Waals surface area contributed by atoms with Crippen molar-refractivity contribution in [2.24, 2.45) is 17.3 Å². The molecule has 0 spiro atoms. The van der Waals surface area contributed by atoms with Crippen LogP contribution in [0.3, 0.4) is 0 Å². The molecule has 4 saturated carbocycles. The van der Waals surface area contributed by atoms with Gasteiger partial charge in [-0.15, -0.1) is 0 Å². The van der Waals surface area contributed by atoms with Gasteiger partial charge in [-0.05, 0) is 111 Å². The lowest BCUT2D eigenvalue weighted by Crippen LogP contribution is -2.60. The van der Waals surface area contributed by atoms with Gasteiger partial charge in [0.25, 0.3) is 0 Å². The van der Waals surface area contributed by atoms with Crippen molar-refractivity contribution < 1.29 is 0 Å². The third-order valence-electron chi connectivity index (χ3n) is 8.72. The molecule has 0 saturated heterocycles. The van der Waals surface area contributed by atoms with Crippen LogP contribution in [0.25, 0.3) is 0 Å². The Bertz CT molecular complexity index is 844. The van der Waals surface area contributed by atoms with Crippen LogP contribution in [0.1, 0.15) is 69.9 Å². The molecule has 1 nitrogen and oxygen atoms in total. The van der Waals surface area contributed by atoms with Crippen molar-refractivity contribution in [3.05, 3.63) is 70.7 Å². The highest BCUT2D eigenvalue weighted by molar-refractivity contribution is 6.30. The van der Waals surface area contributed by atoms with Crippen molar-refractivity contribution in [2.75, 3.05) is 0 Å². The first-order chi connectivity index (χ1) is 14.5. The van der Waals surface area contributed by atoms with Crippen LogP contribution < -0.4 is 5.32 Å². The second-order valence-electron chi connectivity index (χ2n) is 10.9. The van der Waals surface area contributed by atoms with E-state index in [0.29, 0.717) is 22.9 Å². The van der Waals surface area contributed by atoms with E-state index in [0.717, 1.165) is 23.3 Å². The van der Waals surface area contributed by atoms with Gasteiger partial charge in [0, 0.05) is 17.1 Å². The maximum Gasteiger partial charge on any atom is 0.0406 e. The van der Waals surface area contributed by atoms with Gasteiger partial charge in [0.05, 0.1) is 0 Å². The molecule has 1 N–H and O–H groups in total. The summed E-state index contributed by atoms with van der Waals surface area (Å²) in [4.78, 5) is 0. The number of aryl methyl sites for hydroxylation is 1. The summed E-state index contributed by atoms with van der Waals surface area (Å²) in [6.07, 6.45) is 10.8.